The lowest BCUT2D eigenvalue weighted by molar-refractivity contribution is 0.241. The number of phenols is 1. The van der Waals surface area contributed by atoms with Crippen LogP contribution in [-0.2, 0) is 19.5 Å². The van der Waals surface area contributed by atoms with Gasteiger partial charge in [0, 0.05) is 32.6 Å². The molecule has 7 heteroatoms. The van der Waals surface area contributed by atoms with Crippen molar-refractivity contribution >= 4 is 17.3 Å². The van der Waals surface area contributed by atoms with Crippen LogP contribution in [0.4, 0.5) is 0 Å². The van der Waals surface area contributed by atoms with Crippen molar-refractivity contribution in [2.75, 3.05) is 13.1 Å². The maximum atomic E-state index is 12.6. The summed E-state index contributed by atoms with van der Waals surface area (Å²) in [4.78, 5) is 26.9. The highest BCUT2D eigenvalue weighted by Gasteiger charge is 2.22. The number of phenolic OH excluding ortho intramolecular Hbond substituents is 1. The third kappa shape index (κ3) is 3.52. The Morgan fingerprint density at radius 2 is 2.15 bits per heavy atom. The first-order chi connectivity index (χ1) is 12.6. The highest BCUT2D eigenvalue weighted by molar-refractivity contribution is 6.32. The Kier molecular flexibility index (Phi) is 4.78. The number of nitrogens with zero attached hydrogens (tertiary/aromatic N) is 3. The van der Waals surface area contributed by atoms with Crippen LogP contribution < -0.4 is 5.56 Å². The van der Waals surface area contributed by atoms with Gasteiger partial charge in [-0.25, -0.2) is 4.98 Å². The van der Waals surface area contributed by atoms with Crippen molar-refractivity contribution < 1.29 is 5.11 Å². The van der Waals surface area contributed by atoms with Crippen LogP contribution in [0, 0.1) is 0 Å². The number of aromatic hydroxyl groups is 1. The molecule has 0 spiro atoms. The average Bonchev–Trinajstić information content (AvgIpc) is 2.66. The zero-order valence-corrected chi connectivity index (χ0v) is 15.2. The zero-order chi connectivity index (χ0) is 18.1. The molecule has 0 atom stereocenters. The van der Waals surface area contributed by atoms with E-state index < -0.39 is 0 Å². The quantitative estimate of drug-likeness (QED) is 0.867. The van der Waals surface area contributed by atoms with Gasteiger partial charge in [0.15, 0.2) is 5.82 Å². The molecule has 0 saturated heterocycles. The molecule has 0 fully saturated rings. The van der Waals surface area contributed by atoms with Gasteiger partial charge in [0.1, 0.15) is 5.75 Å². The van der Waals surface area contributed by atoms with Crippen LogP contribution in [0.3, 0.4) is 0 Å². The van der Waals surface area contributed by atoms with Gasteiger partial charge in [-0.2, -0.15) is 0 Å². The second-order valence-corrected chi connectivity index (χ2v) is 7.28. The summed E-state index contributed by atoms with van der Waals surface area (Å²) in [5.41, 5.74) is 3.50. The standard InChI is InChI=1S/C19H21ClN4O2/c20-14-9-12(4-5-17(14)25)10-24-8-6-15-13(11-24)19(26)23-18(22-15)16-3-1-2-7-21-16/h4-5,9,25H,1-3,6-8,10-11H2,(H,22,23,26). The molecule has 6 nitrogen and oxygen atoms in total. The maximum absolute atomic E-state index is 12.6. The summed E-state index contributed by atoms with van der Waals surface area (Å²) in [7, 11) is 0. The fourth-order valence-corrected chi connectivity index (χ4v) is 3.75. The number of fused-ring (bicyclic) bond motifs is 1. The van der Waals surface area contributed by atoms with Crippen molar-refractivity contribution in [1.29, 1.82) is 0 Å². The van der Waals surface area contributed by atoms with Gasteiger partial charge in [0.25, 0.3) is 5.56 Å². The van der Waals surface area contributed by atoms with Gasteiger partial charge in [0.05, 0.1) is 22.0 Å². The fraction of sp³-hybridized carbons (Fsp3) is 0.421. The second kappa shape index (κ2) is 7.21. The fourth-order valence-electron chi connectivity index (χ4n) is 3.55. The minimum absolute atomic E-state index is 0.0632. The normalized spacial score (nSPS) is 17.7. The van der Waals surface area contributed by atoms with Crippen molar-refractivity contribution in [3.8, 4) is 5.75 Å². The minimum Gasteiger partial charge on any atom is -0.506 e. The lowest BCUT2D eigenvalue weighted by Crippen LogP contribution is -2.36. The largest absolute Gasteiger partial charge is 0.506 e. The van der Waals surface area contributed by atoms with Gasteiger partial charge in [-0.3, -0.25) is 14.7 Å². The molecule has 0 saturated carbocycles. The number of halogens is 1. The van der Waals surface area contributed by atoms with Gasteiger partial charge in [-0.15, -0.1) is 0 Å². The zero-order valence-electron chi connectivity index (χ0n) is 14.5. The predicted molar refractivity (Wildman–Crippen MR) is 101 cm³/mol. The van der Waals surface area contributed by atoms with Crippen LogP contribution in [0.1, 0.15) is 41.9 Å². The first-order valence-corrected chi connectivity index (χ1v) is 9.33. The molecule has 2 aliphatic rings. The number of nitrogens with one attached hydrogen (secondary N) is 1. The number of benzene rings is 1. The first-order valence-electron chi connectivity index (χ1n) is 8.95. The number of aromatic amines is 1. The molecular weight excluding hydrogens is 352 g/mol. The van der Waals surface area contributed by atoms with Crippen molar-refractivity contribution in [1.82, 2.24) is 14.9 Å². The van der Waals surface area contributed by atoms with Gasteiger partial charge in [-0.05, 0) is 37.0 Å². The molecule has 0 bridgehead atoms. The number of H-pyrrole nitrogens is 1. The summed E-state index contributed by atoms with van der Waals surface area (Å²) in [6.45, 7) is 2.88. The first kappa shape index (κ1) is 17.2. The van der Waals surface area contributed by atoms with Crippen LogP contribution in [-0.4, -0.2) is 38.8 Å². The number of hydrogen-bond donors (Lipinski definition) is 2. The van der Waals surface area contributed by atoms with Crippen LogP contribution in [0.5, 0.6) is 5.75 Å². The molecule has 0 amide bonds. The molecule has 1 aromatic carbocycles. The van der Waals surface area contributed by atoms with E-state index in [9.17, 15) is 9.90 Å². The Morgan fingerprint density at radius 3 is 2.92 bits per heavy atom. The number of hydrogen-bond acceptors (Lipinski definition) is 5. The highest BCUT2D eigenvalue weighted by Crippen LogP contribution is 2.25. The predicted octanol–water partition coefficient (Wildman–Crippen LogP) is 2.66. The Balaban J connectivity index is 1.54. The average molecular weight is 373 g/mol. The topological polar surface area (TPSA) is 81.6 Å². The van der Waals surface area contributed by atoms with Gasteiger partial charge in [-0.1, -0.05) is 17.7 Å². The molecule has 0 radical (unpaired) electrons. The van der Waals surface area contributed by atoms with E-state index in [2.05, 4.69) is 14.9 Å². The van der Waals surface area contributed by atoms with E-state index in [1.165, 1.54) is 0 Å². The van der Waals surface area contributed by atoms with Crippen LogP contribution >= 0.6 is 11.6 Å². The lowest BCUT2D eigenvalue weighted by Gasteiger charge is -2.28. The SMILES string of the molecule is O=c1[nH]c(C2=NCCCC2)nc2c1CN(Cc1ccc(O)c(Cl)c1)CC2. The van der Waals surface area contributed by atoms with E-state index in [1.54, 1.807) is 12.1 Å². The lowest BCUT2D eigenvalue weighted by atomic mass is 10.0. The Morgan fingerprint density at radius 1 is 1.27 bits per heavy atom. The van der Waals surface area contributed by atoms with Crippen molar-refractivity contribution in [3.05, 3.63) is 56.2 Å². The Hall–Kier alpha value is -2.18. The maximum Gasteiger partial charge on any atom is 0.255 e. The van der Waals surface area contributed by atoms with Crippen LogP contribution in [0.2, 0.25) is 5.02 Å². The highest BCUT2D eigenvalue weighted by atomic mass is 35.5. The molecule has 2 aromatic rings. The van der Waals surface area contributed by atoms with E-state index in [-0.39, 0.29) is 11.3 Å². The third-order valence-electron chi connectivity index (χ3n) is 4.96. The summed E-state index contributed by atoms with van der Waals surface area (Å²) < 4.78 is 0. The van der Waals surface area contributed by atoms with E-state index in [4.69, 9.17) is 16.6 Å². The summed E-state index contributed by atoms with van der Waals surface area (Å²) in [6.07, 6.45) is 3.83. The van der Waals surface area contributed by atoms with Gasteiger partial charge in [0.2, 0.25) is 0 Å². The Labute approximate surface area is 156 Å². The number of rotatable bonds is 3. The molecule has 4 rings (SSSR count). The molecular formula is C19H21ClN4O2. The molecule has 3 heterocycles. The van der Waals surface area contributed by atoms with Gasteiger partial charge < -0.3 is 10.1 Å². The van der Waals surface area contributed by atoms with Crippen LogP contribution in [0.25, 0.3) is 0 Å². The van der Waals surface area contributed by atoms with E-state index in [0.29, 0.717) is 23.9 Å². The Bertz CT molecular complexity index is 922. The molecule has 2 N–H and O–H groups in total. The van der Waals surface area contributed by atoms with Gasteiger partial charge >= 0.3 is 0 Å². The molecule has 2 aliphatic heterocycles. The molecule has 0 aliphatic carbocycles. The summed E-state index contributed by atoms with van der Waals surface area (Å²) in [5.74, 6) is 0.727. The minimum atomic E-state index is -0.0632. The van der Waals surface area contributed by atoms with E-state index in [0.717, 1.165) is 61.3 Å². The number of aromatic nitrogens is 2. The molecule has 136 valence electrons. The van der Waals surface area contributed by atoms with Crippen molar-refractivity contribution in [2.24, 2.45) is 4.99 Å². The smallest absolute Gasteiger partial charge is 0.255 e. The molecule has 26 heavy (non-hydrogen) atoms. The summed E-state index contributed by atoms with van der Waals surface area (Å²) in [6, 6.07) is 5.21. The third-order valence-corrected chi connectivity index (χ3v) is 5.27. The molecule has 1 aromatic heterocycles. The number of aliphatic imine (C=N–C) groups is 1. The monoisotopic (exact) mass is 372 g/mol. The molecule has 0 unspecified atom stereocenters. The second-order valence-electron chi connectivity index (χ2n) is 6.87. The van der Waals surface area contributed by atoms with Crippen molar-refractivity contribution in [3.63, 3.8) is 0 Å². The van der Waals surface area contributed by atoms with Crippen molar-refractivity contribution in [2.45, 2.75) is 38.8 Å². The van der Waals surface area contributed by atoms with E-state index in [1.807, 2.05) is 6.07 Å². The summed E-state index contributed by atoms with van der Waals surface area (Å²) in [5, 5.41) is 9.89. The van der Waals surface area contributed by atoms with E-state index >= 15 is 0 Å². The summed E-state index contributed by atoms with van der Waals surface area (Å²) >= 11 is 5.98. The van der Waals surface area contributed by atoms with Crippen LogP contribution in [0.15, 0.2) is 28.0 Å².